The highest BCUT2D eigenvalue weighted by Crippen LogP contribution is 2.14. The molecule has 0 radical (unpaired) electrons. The van der Waals surface area contributed by atoms with Crippen molar-refractivity contribution >= 4 is 0 Å². The standard InChI is InChI=1S/C24H34N2/c1-2-22-13-10-14-24(19-22)21-26(20-23-11-6-5-7-12-23)18-17-25-15-8-3-4-9-16-25/h5-7,10-14,19H,2-4,8-9,15-18,20-21H2,1H3. The molecule has 0 saturated carbocycles. The van der Waals surface area contributed by atoms with Crippen LogP contribution in [0, 0.1) is 0 Å². The van der Waals surface area contributed by atoms with Crippen molar-refractivity contribution in [1.82, 2.24) is 9.80 Å². The zero-order valence-electron chi connectivity index (χ0n) is 16.4. The second-order valence-electron chi connectivity index (χ2n) is 7.63. The molecule has 1 aliphatic heterocycles. The molecule has 0 spiro atoms. The van der Waals surface area contributed by atoms with Gasteiger partial charge in [0.25, 0.3) is 0 Å². The number of rotatable bonds is 8. The summed E-state index contributed by atoms with van der Waals surface area (Å²) in [4.78, 5) is 5.29. The van der Waals surface area contributed by atoms with Crippen LogP contribution >= 0.6 is 0 Å². The normalized spacial score (nSPS) is 15.9. The lowest BCUT2D eigenvalue weighted by molar-refractivity contribution is 0.196. The molecule has 2 aromatic carbocycles. The summed E-state index contributed by atoms with van der Waals surface area (Å²) in [6.07, 6.45) is 6.68. The van der Waals surface area contributed by atoms with E-state index in [0.717, 1.165) is 26.1 Å². The fraction of sp³-hybridized carbons (Fsp3) is 0.500. The van der Waals surface area contributed by atoms with Crippen LogP contribution in [0.2, 0.25) is 0 Å². The zero-order chi connectivity index (χ0) is 18.0. The topological polar surface area (TPSA) is 6.48 Å². The largest absolute Gasteiger partial charge is 0.302 e. The molecule has 0 aliphatic carbocycles. The van der Waals surface area contributed by atoms with Crippen LogP contribution in [0.5, 0.6) is 0 Å². The summed E-state index contributed by atoms with van der Waals surface area (Å²) < 4.78 is 0. The van der Waals surface area contributed by atoms with Gasteiger partial charge < -0.3 is 4.90 Å². The van der Waals surface area contributed by atoms with Gasteiger partial charge in [0.15, 0.2) is 0 Å². The first-order chi connectivity index (χ1) is 12.8. The maximum Gasteiger partial charge on any atom is 0.0237 e. The molecular weight excluding hydrogens is 316 g/mol. The monoisotopic (exact) mass is 350 g/mol. The van der Waals surface area contributed by atoms with Gasteiger partial charge in [-0.2, -0.15) is 0 Å². The third-order valence-electron chi connectivity index (χ3n) is 5.49. The molecule has 0 N–H and O–H groups in total. The van der Waals surface area contributed by atoms with Crippen LogP contribution in [-0.2, 0) is 19.5 Å². The van der Waals surface area contributed by atoms with E-state index in [2.05, 4.69) is 71.3 Å². The van der Waals surface area contributed by atoms with E-state index in [1.54, 1.807) is 0 Å². The van der Waals surface area contributed by atoms with Gasteiger partial charge in [-0.1, -0.05) is 74.4 Å². The summed E-state index contributed by atoms with van der Waals surface area (Å²) in [6, 6.07) is 20.0. The van der Waals surface area contributed by atoms with Crippen molar-refractivity contribution < 1.29 is 0 Å². The minimum Gasteiger partial charge on any atom is -0.302 e. The first kappa shape index (κ1) is 19.1. The van der Waals surface area contributed by atoms with Crippen LogP contribution in [-0.4, -0.2) is 36.0 Å². The van der Waals surface area contributed by atoms with Gasteiger partial charge in [0.2, 0.25) is 0 Å². The van der Waals surface area contributed by atoms with Gasteiger partial charge in [-0.25, -0.2) is 0 Å². The Morgan fingerprint density at radius 2 is 1.42 bits per heavy atom. The number of hydrogen-bond acceptors (Lipinski definition) is 2. The van der Waals surface area contributed by atoms with Crippen LogP contribution < -0.4 is 0 Å². The van der Waals surface area contributed by atoms with Crippen LogP contribution in [0.25, 0.3) is 0 Å². The molecule has 2 heteroatoms. The van der Waals surface area contributed by atoms with Gasteiger partial charge in [-0.05, 0) is 49.0 Å². The number of aryl methyl sites for hydroxylation is 1. The molecule has 140 valence electrons. The van der Waals surface area contributed by atoms with Gasteiger partial charge in [0.05, 0.1) is 0 Å². The second kappa shape index (κ2) is 10.5. The Morgan fingerprint density at radius 3 is 2.15 bits per heavy atom. The van der Waals surface area contributed by atoms with E-state index in [1.807, 2.05) is 0 Å². The molecule has 2 nitrogen and oxygen atoms in total. The predicted octanol–water partition coefficient (Wildman–Crippen LogP) is 5.13. The Morgan fingerprint density at radius 1 is 0.769 bits per heavy atom. The van der Waals surface area contributed by atoms with Crippen molar-refractivity contribution in [3.05, 3.63) is 71.3 Å². The first-order valence-corrected chi connectivity index (χ1v) is 10.4. The molecule has 0 bridgehead atoms. The Labute approximate surface area is 159 Å². The summed E-state index contributed by atoms with van der Waals surface area (Å²) in [5.41, 5.74) is 4.29. The van der Waals surface area contributed by atoms with Crippen molar-refractivity contribution in [2.75, 3.05) is 26.2 Å². The summed E-state index contributed by atoms with van der Waals surface area (Å²) in [7, 11) is 0. The van der Waals surface area contributed by atoms with Crippen LogP contribution in [0.4, 0.5) is 0 Å². The average Bonchev–Trinajstić information content (AvgIpc) is 2.96. The van der Waals surface area contributed by atoms with Crippen molar-refractivity contribution in [3.63, 3.8) is 0 Å². The predicted molar refractivity (Wildman–Crippen MR) is 111 cm³/mol. The van der Waals surface area contributed by atoms with Crippen molar-refractivity contribution in [1.29, 1.82) is 0 Å². The molecule has 1 aliphatic rings. The van der Waals surface area contributed by atoms with Crippen LogP contribution in [0.1, 0.15) is 49.3 Å². The molecule has 2 aromatic rings. The number of nitrogens with zero attached hydrogens (tertiary/aromatic N) is 2. The number of likely N-dealkylation sites (tertiary alicyclic amines) is 1. The highest BCUT2D eigenvalue weighted by atomic mass is 15.2. The Bertz CT molecular complexity index is 630. The first-order valence-electron chi connectivity index (χ1n) is 10.4. The van der Waals surface area contributed by atoms with Crippen molar-refractivity contribution in [3.8, 4) is 0 Å². The summed E-state index contributed by atoms with van der Waals surface area (Å²) in [5.74, 6) is 0. The Balaban J connectivity index is 1.64. The van der Waals surface area contributed by atoms with E-state index in [0.29, 0.717) is 0 Å². The van der Waals surface area contributed by atoms with E-state index in [1.165, 1.54) is 62.0 Å². The van der Waals surface area contributed by atoms with Crippen LogP contribution in [0.15, 0.2) is 54.6 Å². The maximum atomic E-state index is 2.67. The SMILES string of the molecule is CCc1cccc(CN(CCN2CCCCCC2)Cc2ccccc2)c1. The molecule has 3 rings (SSSR count). The molecule has 0 atom stereocenters. The molecule has 1 fully saturated rings. The van der Waals surface area contributed by atoms with E-state index in [9.17, 15) is 0 Å². The average molecular weight is 351 g/mol. The molecule has 0 aromatic heterocycles. The number of benzene rings is 2. The summed E-state index contributed by atoms with van der Waals surface area (Å²) in [5, 5.41) is 0. The highest BCUT2D eigenvalue weighted by molar-refractivity contribution is 5.23. The smallest absolute Gasteiger partial charge is 0.0237 e. The van der Waals surface area contributed by atoms with Gasteiger partial charge in [-0.3, -0.25) is 4.90 Å². The van der Waals surface area contributed by atoms with Gasteiger partial charge in [-0.15, -0.1) is 0 Å². The molecule has 26 heavy (non-hydrogen) atoms. The van der Waals surface area contributed by atoms with Gasteiger partial charge in [0.1, 0.15) is 0 Å². The van der Waals surface area contributed by atoms with E-state index in [-0.39, 0.29) is 0 Å². The van der Waals surface area contributed by atoms with Gasteiger partial charge in [0, 0.05) is 26.2 Å². The van der Waals surface area contributed by atoms with Crippen molar-refractivity contribution in [2.45, 2.75) is 52.1 Å². The molecular formula is C24H34N2. The zero-order valence-corrected chi connectivity index (χ0v) is 16.4. The minimum atomic E-state index is 1.03. The Kier molecular flexibility index (Phi) is 7.72. The fourth-order valence-corrected chi connectivity index (χ4v) is 3.90. The van der Waals surface area contributed by atoms with E-state index in [4.69, 9.17) is 0 Å². The molecule has 0 unspecified atom stereocenters. The summed E-state index contributed by atoms with van der Waals surface area (Å²) in [6.45, 7) is 9.21. The quantitative estimate of drug-likeness (QED) is 0.651. The third-order valence-corrected chi connectivity index (χ3v) is 5.49. The molecule has 0 amide bonds. The lowest BCUT2D eigenvalue weighted by Gasteiger charge is -2.27. The van der Waals surface area contributed by atoms with E-state index < -0.39 is 0 Å². The lowest BCUT2D eigenvalue weighted by atomic mass is 10.1. The lowest BCUT2D eigenvalue weighted by Crippen LogP contribution is -2.35. The van der Waals surface area contributed by atoms with Gasteiger partial charge >= 0.3 is 0 Å². The number of hydrogen-bond donors (Lipinski definition) is 0. The molecule has 1 saturated heterocycles. The highest BCUT2D eigenvalue weighted by Gasteiger charge is 2.12. The van der Waals surface area contributed by atoms with E-state index >= 15 is 0 Å². The third kappa shape index (κ3) is 6.26. The Hall–Kier alpha value is -1.64. The second-order valence-corrected chi connectivity index (χ2v) is 7.63. The molecule has 1 heterocycles. The summed E-state index contributed by atoms with van der Waals surface area (Å²) >= 11 is 0. The fourth-order valence-electron chi connectivity index (χ4n) is 3.90. The van der Waals surface area contributed by atoms with Crippen molar-refractivity contribution in [2.24, 2.45) is 0 Å². The minimum absolute atomic E-state index is 1.03. The maximum absolute atomic E-state index is 2.67. The van der Waals surface area contributed by atoms with Crippen LogP contribution in [0.3, 0.4) is 0 Å².